The summed E-state index contributed by atoms with van der Waals surface area (Å²) in [7, 11) is 2.03. The van der Waals surface area contributed by atoms with E-state index in [1.54, 1.807) is 12.3 Å². The second-order valence-corrected chi connectivity index (χ2v) is 7.31. The number of amides is 1. The summed E-state index contributed by atoms with van der Waals surface area (Å²) in [6.07, 6.45) is 11.5. The first-order valence-corrected chi connectivity index (χ1v) is 9.77. The molecular weight excluding hydrogens is 383 g/mol. The van der Waals surface area contributed by atoms with Crippen LogP contribution in [0.1, 0.15) is 21.6 Å². The van der Waals surface area contributed by atoms with E-state index in [2.05, 4.69) is 20.6 Å². The average molecular weight is 403 g/mol. The predicted octanol–water partition coefficient (Wildman–Crippen LogP) is 2.42. The van der Waals surface area contributed by atoms with E-state index in [-0.39, 0.29) is 5.91 Å². The first-order chi connectivity index (χ1) is 14.1. The molecule has 5 nitrogen and oxygen atoms in total. The SMILES string of the molecule is Bc1ccc2c(C(=O)NCC3=CNCC=C3)c(/C=C/c3ccc(Cl)nc3)[nH]c2c1. The summed E-state index contributed by atoms with van der Waals surface area (Å²) in [6.45, 7) is 1.28. The van der Waals surface area contributed by atoms with Crippen molar-refractivity contribution in [2.24, 2.45) is 0 Å². The number of halogens is 1. The third-order valence-electron chi connectivity index (χ3n) is 4.71. The van der Waals surface area contributed by atoms with Gasteiger partial charge in [0.05, 0.1) is 11.3 Å². The van der Waals surface area contributed by atoms with Gasteiger partial charge in [-0.15, -0.1) is 0 Å². The third-order valence-corrected chi connectivity index (χ3v) is 4.93. The van der Waals surface area contributed by atoms with Crippen molar-refractivity contribution >= 4 is 53.9 Å². The lowest BCUT2D eigenvalue weighted by molar-refractivity contribution is 0.0959. The number of aromatic amines is 1. The molecule has 0 spiro atoms. The number of aromatic nitrogens is 2. The lowest BCUT2D eigenvalue weighted by atomic mass is 9.95. The molecule has 7 heteroatoms. The van der Waals surface area contributed by atoms with Crippen LogP contribution in [0.25, 0.3) is 23.1 Å². The number of carbonyl (C=O) groups is 1. The molecule has 1 amide bonds. The highest BCUT2D eigenvalue weighted by Gasteiger charge is 2.17. The van der Waals surface area contributed by atoms with Gasteiger partial charge in [0.2, 0.25) is 0 Å². The van der Waals surface area contributed by atoms with Gasteiger partial charge in [-0.1, -0.05) is 53.5 Å². The van der Waals surface area contributed by atoms with Gasteiger partial charge >= 0.3 is 0 Å². The van der Waals surface area contributed by atoms with Crippen molar-refractivity contribution in [1.29, 1.82) is 0 Å². The van der Waals surface area contributed by atoms with Crippen molar-refractivity contribution in [3.8, 4) is 0 Å². The molecule has 1 aliphatic rings. The van der Waals surface area contributed by atoms with Gasteiger partial charge in [-0.3, -0.25) is 4.79 Å². The molecule has 0 saturated heterocycles. The maximum Gasteiger partial charge on any atom is 0.254 e. The van der Waals surface area contributed by atoms with Crippen LogP contribution in [0.2, 0.25) is 5.15 Å². The van der Waals surface area contributed by atoms with E-state index in [4.69, 9.17) is 11.6 Å². The number of carbonyl (C=O) groups excluding carboxylic acids is 1. The lowest BCUT2D eigenvalue weighted by Gasteiger charge is -2.10. The van der Waals surface area contributed by atoms with Crippen LogP contribution in [0.4, 0.5) is 0 Å². The van der Waals surface area contributed by atoms with Crippen LogP contribution in [0.15, 0.2) is 60.5 Å². The van der Waals surface area contributed by atoms with Crippen LogP contribution in [-0.4, -0.2) is 36.8 Å². The van der Waals surface area contributed by atoms with Gasteiger partial charge in [0, 0.05) is 36.4 Å². The minimum Gasteiger partial charge on any atom is -0.387 e. The van der Waals surface area contributed by atoms with E-state index in [1.165, 1.54) is 0 Å². The highest BCUT2D eigenvalue weighted by Crippen LogP contribution is 2.24. The first-order valence-electron chi connectivity index (χ1n) is 9.39. The van der Waals surface area contributed by atoms with Gasteiger partial charge in [0.15, 0.2) is 0 Å². The Hall–Kier alpha value is -3.25. The third kappa shape index (κ3) is 4.44. The summed E-state index contributed by atoms with van der Waals surface area (Å²) in [5.41, 5.74) is 5.38. The molecule has 3 heterocycles. The molecule has 0 bridgehead atoms. The van der Waals surface area contributed by atoms with E-state index >= 15 is 0 Å². The monoisotopic (exact) mass is 402 g/mol. The molecule has 29 heavy (non-hydrogen) atoms. The number of benzene rings is 1. The minimum absolute atomic E-state index is 0.117. The number of fused-ring (bicyclic) bond motifs is 1. The summed E-state index contributed by atoms with van der Waals surface area (Å²) < 4.78 is 0. The summed E-state index contributed by atoms with van der Waals surface area (Å²) in [6, 6.07) is 9.66. The summed E-state index contributed by atoms with van der Waals surface area (Å²) in [5, 5.41) is 7.52. The van der Waals surface area contributed by atoms with E-state index in [9.17, 15) is 4.79 Å². The zero-order valence-corrected chi connectivity index (χ0v) is 16.8. The molecule has 0 aliphatic carbocycles. The van der Waals surface area contributed by atoms with Crippen molar-refractivity contribution in [2.45, 2.75) is 0 Å². The van der Waals surface area contributed by atoms with E-state index in [0.717, 1.165) is 39.7 Å². The van der Waals surface area contributed by atoms with Gasteiger partial charge in [-0.2, -0.15) is 0 Å². The quantitative estimate of drug-likeness (QED) is 0.453. The molecule has 3 aromatic rings. The Morgan fingerprint density at radius 3 is 2.93 bits per heavy atom. The topological polar surface area (TPSA) is 69.8 Å². The van der Waals surface area contributed by atoms with E-state index in [0.29, 0.717) is 17.3 Å². The average Bonchev–Trinajstić information content (AvgIpc) is 3.10. The van der Waals surface area contributed by atoms with Crippen LogP contribution in [0.3, 0.4) is 0 Å². The zero-order valence-electron chi connectivity index (χ0n) is 16.0. The van der Waals surface area contributed by atoms with Crippen LogP contribution in [0, 0.1) is 0 Å². The predicted molar refractivity (Wildman–Crippen MR) is 122 cm³/mol. The molecule has 1 aliphatic heterocycles. The number of dihydropyridines is 1. The van der Waals surface area contributed by atoms with Crippen molar-refractivity contribution in [3.63, 3.8) is 0 Å². The number of H-pyrrole nitrogens is 1. The second-order valence-electron chi connectivity index (χ2n) is 6.92. The van der Waals surface area contributed by atoms with E-state index in [1.807, 2.05) is 62.6 Å². The van der Waals surface area contributed by atoms with Crippen molar-refractivity contribution < 1.29 is 4.79 Å². The Kier molecular flexibility index (Phi) is 5.54. The second kappa shape index (κ2) is 8.41. The molecule has 0 radical (unpaired) electrons. The van der Waals surface area contributed by atoms with Gasteiger partial charge in [-0.05, 0) is 29.3 Å². The number of rotatable bonds is 5. The van der Waals surface area contributed by atoms with Crippen molar-refractivity contribution in [1.82, 2.24) is 20.6 Å². The highest BCUT2D eigenvalue weighted by atomic mass is 35.5. The van der Waals surface area contributed by atoms with Gasteiger partial charge in [0.1, 0.15) is 13.0 Å². The first kappa shape index (κ1) is 19.1. The fourth-order valence-electron chi connectivity index (χ4n) is 3.26. The number of hydrogen-bond acceptors (Lipinski definition) is 3. The van der Waals surface area contributed by atoms with Crippen molar-refractivity contribution in [2.75, 3.05) is 13.1 Å². The highest BCUT2D eigenvalue weighted by molar-refractivity contribution is 6.33. The molecule has 3 N–H and O–H groups in total. The van der Waals surface area contributed by atoms with Crippen LogP contribution >= 0.6 is 11.6 Å². The molecule has 0 fully saturated rings. The molecule has 0 unspecified atom stereocenters. The smallest absolute Gasteiger partial charge is 0.254 e. The number of pyridine rings is 1. The Labute approximate surface area is 175 Å². The molecule has 2 aromatic heterocycles. The van der Waals surface area contributed by atoms with Crippen LogP contribution in [-0.2, 0) is 0 Å². The van der Waals surface area contributed by atoms with Gasteiger partial charge < -0.3 is 15.6 Å². The lowest BCUT2D eigenvalue weighted by Crippen LogP contribution is -2.27. The summed E-state index contributed by atoms with van der Waals surface area (Å²) >= 11 is 5.85. The molecular formula is C22H20BClN4O. The number of hydrogen-bond donors (Lipinski definition) is 3. The minimum atomic E-state index is -0.117. The summed E-state index contributed by atoms with van der Waals surface area (Å²) in [5.74, 6) is -0.117. The maximum atomic E-state index is 13.1. The van der Waals surface area contributed by atoms with E-state index < -0.39 is 0 Å². The Bertz CT molecular complexity index is 1150. The number of nitrogens with one attached hydrogen (secondary N) is 3. The molecule has 144 valence electrons. The van der Waals surface area contributed by atoms with Gasteiger partial charge in [0.25, 0.3) is 5.91 Å². The molecule has 1 aromatic carbocycles. The largest absolute Gasteiger partial charge is 0.387 e. The van der Waals surface area contributed by atoms with Gasteiger partial charge in [-0.25, -0.2) is 4.98 Å². The number of nitrogens with zero attached hydrogens (tertiary/aromatic N) is 1. The Morgan fingerprint density at radius 2 is 2.17 bits per heavy atom. The molecule has 4 rings (SSSR count). The Morgan fingerprint density at radius 1 is 1.28 bits per heavy atom. The van der Waals surface area contributed by atoms with Crippen LogP contribution < -0.4 is 16.1 Å². The zero-order chi connectivity index (χ0) is 20.2. The normalized spacial score (nSPS) is 13.5. The van der Waals surface area contributed by atoms with Crippen molar-refractivity contribution in [3.05, 3.63) is 82.4 Å². The standard InChI is InChI=1S/C22H20BClN4O/c23-16-5-6-17-19(10-16)28-18(7-3-14-4-8-20(24)26-12-14)21(17)22(29)27-13-15-2-1-9-25-11-15/h1-8,10-12,25,28H,9,13,23H2,(H,27,29)/b7-3+. The fraction of sp³-hybridized carbons (Fsp3) is 0.0909. The molecule has 0 saturated carbocycles. The Balaban J connectivity index is 1.65. The maximum absolute atomic E-state index is 13.1. The fourth-order valence-corrected chi connectivity index (χ4v) is 3.38. The molecule has 0 atom stereocenters. The summed E-state index contributed by atoms with van der Waals surface area (Å²) in [4.78, 5) is 20.5. The van der Waals surface area contributed by atoms with Crippen LogP contribution in [0.5, 0.6) is 0 Å².